The number of nitrogens with one attached hydrogen (secondary N) is 1. The van der Waals surface area contributed by atoms with Gasteiger partial charge in [0.25, 0.3) is 5.91 Å². The van der Waals surface area contributed by atoms with E-state index in [4.69, 9.17) is 0 Å². The van der Waals surface area contributed by atoms with Crippen LogP contribution < -0.4 is 5.32 Å². The summed E-state index contributed by atoms with van der Waals surface area (Å²) in [6.07, 6.45) is 12.1. The number of anilines is 1. The minimum Gasteiger partial charge on any atom is -0.332 e. The van der Waals surface area contributed by atoms with Crippen LogP contribution in [0.25, 0.3) is 0 Å². The first kappa shape index (κ1) is 18.0. The topological polar surface area (TPSA) is 59.8 Å². The Labute approximate surface area is 164 Å². The Morgan fingerprint density at radius 2 is 2.07 bits per heavy atom. The highest BCUT2D eigenvalue weighted by molar-refractivity contribution is 6.04. The maximum absolute atomic E-state index is 12.7. The lowest BCUT2D eigenvalue weighted by Gasteiger charge is -2.09. The predicted molar refractivity (Wildman–Crippen MR) is 109 cm³/mol. The van der Waals surface area contributed by atoms with Crippen LogP contribution in [0.4, 0.5) is 5.82 Å². The lowest BCUT2D eigenvalue weighted by molar-refractivity contribution is 0.102. The molecule has 140 valence electrons. The molecule has 0 unspecified atom stereocenters. The molecule has 0 bridgehead atoms. The van der Waals surface area contributed by atoms with Crippen LogP contribution >= 0.6 is 0 Å². The molecule has 28 heavy (non-hydrogen) atoms. The van der Waals surface area contributed by atoms with Crippen LogP contribution in [0, 0.1) is 18.8 Å². The van der Waals surface area contributed by atoms with E-state index in [9.17, 15) is 4.79 Å². The molecule has 5 heteroatoms. The van der Waals surface area contributed by atoms with Crippen molar-refractivity contribution in [2.45, 2.75) is 38.6 Å². The molecule has 4 rings (SSSR count). The van der Waals surface area contributed by atoms with Crippen LogP contribution in [0.2, 0.25) is 0 Å². The molecule has 0 radical (unpaired) electrons. The fourth-order valence-electron chi connectivity index (χ4n) is 3.47. The lowest BCUT2D eigenvalue weighted by atomic mass is 10.0. The Balaban J connectivity index is 1.49. The third-order valence-electron chi connectivity index (χ3n) is 5.09. The summed E-state index contributed by atoms with van der Waals surface area (Å²) in [6, 6.07) is 9.82. The van der Waals surface area contributed by atoms with Gasteiger partial charge in [-0.05, 0) is 49.6 Å². The summed E-state index contributed by atoms with van der Waals surface area (Å²) in [5.41, 5.74) is 3.26. The average Bonchev–Trinajstić information content (AvgIpc) is 3.40. The second-order valence-corrected chi connectivity index (χ2v) is 7.12. The standard InChI is InChI=1S/C23H22N4O/c1-17-8-10-20(13-19(17)11-9-18-5-4-12-24-14-18)23(28)26-22-15-27(16-25-22)21-6-2-3-7-21/h4-5,8,10,12-16,21H,2-3,6-7H2,1H3,(H,26,28). The van der Waals surface area contributed by atoms with Gasteiger partial charge in [-0.15, -0.1) is 0 Å². The summed E-state index contributed by atoms with van der Waals surface area (Å²) in [5, 5.41) is 2.89. The van der Waals surface area contributed by atoms with Crippen LogP contribution in [-0.2, 0) is 0 Å². The van der Waals surface area contributed by atoms with E-state index >= 15 is 0 Å². The first-order chi connectivity index (χ1) is 13.7. The van der Waals surface area contributed by atoms with Gasteiger partial charge in [-0.1, -0.05) is 30.7 Å². The molecule has 1 fully saturated rings. The Hall–Kier alpha value is -3.39. The SMILES string of the molecule is Cc1ccc(C(=O)Nc2cn(C3CCCC3)cn2)cc1C#Cc1cccnc1. The van der Waals surface area contributed by atoms with Crippen LogP contribution in [0.15, 0.2) is 55.2 Å². The number of nitrogens with zero attached hydrogens (tertiary/aromatic N) is 3. The predicted octanol–water partition coefficient (Wildman–Crippen LogP) is 4.35. The smallest absolute Gasteiger partial charge is 0.256 e. The number of amides is 1. The number of benzene rings is 1. The van der Waals surface area contributed by atoms with Crippen LogP contribution in [0.3, 0.4) is 0 Å². The molecule has 2 aromatic heterocycles. The van der Waals surface area contributed by atoms with Crippen molar-refractivity contribution >= 4 is 11.7 Å². The fraction of sp³-hybridized carbons (Fsp3) is 0.261. The summed E-state index contributed by atoms with van der Waals surface area (Å²) in [4.78, 5) is 21.1. The van der Waals surface area contributed by atoms with Crippen LogP contribution in [0.1, 0.15) is 58.8 Å². The summed E-state index contributed by atoms with van der Waals surface area (Å²) in [7, 11) is 0. The summed E-state index contributed by atoms with van der Waals surface area (Å²) in [5.74, 6) is 6.64. The van der Waals surface area contributed by atoms with Gasteiger partial charge < -0.3 is 9.88 Å². The highest BCUT2D eigenvalue weighted by Crippen LogP contribution is 2.29. The zero-order valence-electron chi connectivity index (χ0n) is 15.9. The lowest BCUT2D eigenvalue weighted by Crippen LogP contribution is -2.12. The number of aromatic nitrogens is 3. The zero-order valence-corrected chi connectivity index (χ0v) is 15.9. The molecule has 1 saturated carbocycles. The van der Waals surface area contributed by atoms with E-state index in [0.717, 1.165) is 16.7 Å². The molecule has 0 saturated heterocycles. The van der Waals surface area contributed by atoms with Crippen molar-refractivity contribution in [3.05, 3.63) is 77.5 Å². The maximum Gasteiger partial charge on any atom is 0.256 e. The Morgan fingerprint density at radius 3 is 2.86 bits per heavy atom. The van der Waals surface area contributed by atoms with E-state index in [0.29, 0.717) is 17.4 Å². The Kier molecular flexibility index (Phi) is 5.20. The number of hydrogen-bond donors (Lipinski definition) is 1. The number of rotatable bonds is 3. The van der Waals surface area contributed by atoms with E-state index in [-0.39, 0.29) is 5.91 Å². The largest absolute Gasteiger partial charge is 0.332 e. The average molecular weight is 370 g/mol. The van der Waals surface area contributed by atoms with Crippen LogP contribution in [0.5, 0.6) is 0 Å². The van der Waals surface area contributed by atoms with Gasteiger partial charge in [0.1, 0.15) is 0 Å². The summed E-state index contributed by atoms with van der Waals surface area (Å²) >= 11 is 0. The van der Waals surface area contributed by atoms with Crippen LogP contribution in [-0.4, -0.2) is 20.4 Å². The van der Waals surface area contributed by atoms with Gasteiger partial charge in [0.15, 0.2) is 5.82 Å². The molecule has 1 amide bonds. The van der Waals surface area contributed by atoms with Crippen molar-refractivity contribution in [2.24, 2.45) is 0 Å². The van der Waals surface area contributed by atoms with E-state index in [1.54, 1.807) is 12.4 Å². The van der Waals surface area contributed by atoms with Gasteiger partial charge in [0.05, 0.1) is 6.33 Å². The molecule has 5 nitrogen and oxygen atoms in total. The first-order valence-corrected chi connectivity index (χ1v) is 9.56. The number of carbonyl (C=O) groups is 1. The van der Waals surface area contributed by atoms with E-state index < -0.39 is 0 Å². The normalized spacial score (nSPS) is 13.8. The molecule has 3 aromatic rings. The van der Waals surface area contributed by atoms with Gasteiger partial charge in [-0.2, -0.15) is 0 Å². The van der Waals surface area contributed by atoms with E-state index in [1.165, 1.54) is 25.7 Å². The van der Waals surface area contributed by atoms with E-state index in [1.807, 2.05) is 49.8 Å². The van der Waals surface area contributed by atoms with E-state index in [2.05, 4.69) is 31.7 Å². The van der Waals surface area contributed by atoms with Crippen molar-refractivity contribution in [1.29, 1.82) is 0 Å². The first-order valence-electron chi connectivity index (χ1n) is 9.56. The molecule has 0 spiro atoms. The molecule has 2 heterocycles. The van der Waals surface area contributed by atoms with Gasteiger partial charge in [0.2, 0.25) is 0 Å². The molecule has 0 atom stereocenters. The van der Waals surface area contributed by atoms with Gasteiger partial charge >= 0.3 is 0 Å². The van der Waals surface area contributed by atoms with Crippen molar-refractivity contribution < 1.29 is 4.79 Å². The quantitative estimate of drug-likeness (QED) is 0.697. The number of imidazole rings is 1. The molecule has 1 aromatic carbocycles. The number of aryl methyl sites for hydroxylation is 1. The molecular weight excluding hydrogens is 348 g/mol. The highest BCUT2D eigenvalue weighted by Gasteiger charge is 2.17. The number of pyridine rings is 1. The van der Waals surface area contributed by atoms with Crippen molar-refractivity contribution in [1.82, 2.24) is 14.5 Å². The summed E-state index contributed by atoms with van der Waals surface area (Å²) in [6.45, 7) is 1.98. The Bertz CT molecular complexity index is 1040. The van der Waals surface area contributed by atoms with Crippen molar-refractivity contribution in [3.8, 4) is 11.8 Å². The van der Waals surface area contributed by atoms with Crippen molar-refractivity contribution in [2.75, 3.05) is 5.32 Å². The number of carbonyl (C=O) groups excluding carboxylic acids is 1. The number of hydrogen-bond acceptors (Lipinski definition) is 3. The molecular formula is C23H22N4O. The maximum atomic E-state index is 12.7. The Morgan fingerprint density at radius 1 is 1.21 bits per heavy atom. The molecule has 1 aliphatic carbocycles. The third-order valence-corrected chi connectivity index (χ3v) is 5.09. The van der Waals surface area contributed by atoms with Gasteiger partial charge in [-0.3, -0.25) is 9.78 Å². The third kappa shape index (κ3) is 4.12. The fourth-order valence-corrected chi connectivity index (χ4v) is 3.47. The highest BCUT2D eigenvalue weighted by atomic mass is 16.1. The summed E-state index contributed by atoms with van der Waals surface area (Å²) < 4.78 is 2.11. The second-order valence-electron chi connectivity index (χ2n) is 7.12. The van der Waals surface area contributed by atoms with Gasteiger partial charge in [-0.25, -0.2) is 4.98 Å². The molecule has 1 aliphatic rings. The second kappa shape index (κ2) is 8.10. The molecule has 1 N–H and O–H groups in total. The minimum atomic E-state index is -0.180. The van der Waals surface area contributed by atoms with Gasteiger partial charge in [0, 0.05) is 41.3 Å². The zero-order chi connectivity index (χ0) is 19.3. The molecule has 0 aliphatic heterocycles. The minimum absolute atomic E-state index is 0.180. The van der Waals surface area contributed by atoms with Crippen molar-refractivity contribution in [3.63, 3.8) is 0 Å². The monoisotopic (exact) mass is 370 g/mol.